The zero-order valence-electron chi connectivity index (χ0n) is 12.0. The summed E-state index contributed by atoms with van der Waals surface area (Å²) < 4.78 is 15.3. The number of aliphatic hydroxyl groups is 8. The number of aliphatic hydroxyl groups excluding tert-OH is 8. The highest BCUT2D eigenvalue weighted by molar-refractivity contribution is 4.93. The van der Waals surface area contributed by atoms with Crippen LogP contribution in [0.25, 0.3) is 0 Å². The molecule has 136 valence electrons. The van der Waals surface area contributed by atoms with Crippen molar-refractivity contribution < 1.29 is 55.1 Å². The first-order valence-corrected chi connectivity index (χ1v) is 7.08. The topological polar surface area (TPSA) is 190 Å². The average Bonchev–Trinajstić information content (AvgIpc) is 2.55. The largest absolute Gasteiger partial charge is 0.394 e. The lowest BCUT2D eigenvalue weighted by Gasteiger charge is -2.45. The minimum atomic E-state index is -1.74. The summed E-state index contributed by atoms with van der Waals surface area (Å²) >= 11 is 0. The molecule has 23 heavy (non-hydrogen) atoms. The second kappa shape index (κ2) is 7.63. The molecule has 10 atom stereocenters. The van der Waals surface area contributed by atoms with Crippen LogP contribution >= 0.6 is 0 Å². The third-order valence-corrected chi connectivity index (χ3v) is 3.98. The van der Waals surface area contributed by atoms with Crippen LogP contribution in [-0.2, 0) is 14.2 Å². The van der Waals surface area contributed by atoms with Crippen LogP contribution in [0.5, 0.6) is 0 Å². The minimum absolute atomic E-state index is 0.667. The molecule has 8 N–H and O–H groups in total. The number of hydrogen-bond donors (Lipinski definition) is 8. The van der Waals surface area contributed by atoms with E-state index in [9.17, 15) is 35.7 Å². The number of hydrogen-bond acceptors (Lipinski definition) is 11. The van der Waals surface area contributed by atoms with Crippen LogP contribution in [-0.4, -0.2) is 115 Å². The molecule has 0 saturated carbocycles. The van der Waals surface area contributed by atoms with Crippen molar-refractivity contribution in [3.05, 3.63) is 0 Å². The molecular formula is C12H22O11. The van der Waals surface area contributed by atoms with Crippen LogP contribution in [0.15, 0.2) is 0 Å². The Morgan fingerprint density at radius 2 is 1.26 bits per heavy atom. The molecule has 2 aliphatic rings. The minimum Gasteiger partial charge on any atom is -0.394 e. The van der Waals surface area contributed by atoms with Crippen LogP contribution in [0, 0.1) is 0 Å². The van der Waals surface area contributed by atoms with Gasteiger partial charge in [0.2, 0.25) is 0 Å². The van der Waals surface area contributed by atoms with Gasteiger partial charge in [-0.3, -0.25) is 0 Å². The smallest absolute Gasteiger partial charge is 0.187 e. The first-order chi connectivity index (χ1) is 10.8. The summed E-state index contributed by atoms with van der Waals surface area (Å²) in [7, 11) is 0. The van der Waals surface area contributed by atoms with Crippen LogP contribution < -0.4 is 0 Å². The van der Waals surface area contributed by atoms with E-state index < -0.39 is 74.6 Å². The van der Waals surface area contributed by atoms with E-state index in [1.54, 1.807) is 0 Å². The van der Waals surface area contributed by atoms with Gasteiger partial charge in [0.1, 0.15) is 48.8 Å². The molecule has 2 heterocycles. The fourth-order valence-corrected chi connectivity index (χ4v) is 2.57. The van der Waals surface area contributed by atoms with Crippen molar-refractivity contribution in [2.24, 2.45) is 0 Å². The Morgan fingerprint density at radius 3 is 1.83 bits per heavy atom. The van der Waals surface area contributed by atoms with Crippen molar-refractivity contribution in [2.75, 3.05) is 13.2 Å². The normalized spacial score (nSPS) is 51.7. The second-order valence-electron chi connectivity index (χ2n) is 5.53. The second-order valence-corrected chi connectivity index (χ2v) is 5.53. The maximum atomic E-state index is 9.94. The van der Waals surface area contributed by atoms with E-state index in [4.69, 9.17) is 19.3 Å². The molecule has 0 radical (unpaired) electrons. The molecule has 0 aromatic rings. The third-order valence-electron chi connectivity index (χ3n) is 3.98. The summed E-state index contributed by atoms with van der Waals surface area (Å²) in [6, 6.07) is 0. The average molecular weight is 342 g/mol. The van der Waals surface area contributed by atoms with Gasteiger partial charge in [-0.1, -0.05) is 0 Å². The molecule has 2 fully saturated rings. The Labute approximate surface area is 130 Å². The van der Waals surface area contributed by atoms with Gasteiger partial charge in [-0.25, -0.2) is 0 Å². The van der Waals surface area contributed by atoms with Gasteiger partial charge in [-0.2, -0.15) is 0 Å². The SMILES string of the molecule is OC[C@H]1O[C@@H](O[C@@H]2[C@H](O)[C@@H](O)[C@H](O)O[C@@H]2CO)[C@@H](O)[C@@H](O)[C@@H]1O. The third kappa shape index (κ3) is 3.65. The highest BCUT2D eigenvalue weighted by Gasteiger charge is 2.50. The lowest BCUT2D eigenvalue weighted by molar-refractivity contribution is -0.355. The zero-order valence-corrected chi connectivity index (χ0v) is 12.0. The summed E-state index contributed by atoms with van der Waals surface area (Å²) in [5.41, 5.74) is 0. The first kappa shape index (κ1) is 18.9. The molecule has 2 aliphatic heterocycles. The van der Waals surface area contributed by atoms with Crippen LogP contribution in [0.2, 0.25) is 0 Å². The summed E-state index contributed by atoms with van der Waals surface area (Å²) in [5, 5.41) is 76.5. The van der Waals surface area contributed by atoms with Gasteiger partial charge in [0.25, 0.3) is 0 Å². The molecule has 0 unspecified atom stereocenters. The molecule has 2 saturated heterocycles. The van der Waals surface area contributed by atoms with Crippen molar-refractivity contribution in [2.45, 2.75) is 61.4 Å². The van der Waals surface area contributed by atoms with Crippen molar-refractivity contribution in [1.82, 2.24) is 0 Å². The molecule has 0 spiro atoms. The molecule has 0 aromatic carbocycles. The Hall–Kier alpha value is -0.440. The quantitative estimate of drug-likeness (QED) is 0.243. The Balaban J connectivity index is 2.11. The molecule has 11 nitrogen and oxygen atoms in total. The van der Waals surface area contributed by atoms with E-state index >= 15 is 0 Å². The van der Waals surface area contributed by atoms with Gasteiger partial charge in [-0.15, -0.1) is 0 Å². The van der Waals surface area contributed by atoms with E-state index in [0.29, 0.717) is 0 Å². The van der Waals surface area contributed by atoms with Gasteiger partial charge in [0, 0.05) is 0 Å². The van der Waals surface area contributed by atoms with E-state index in [2.05, 4.69) is 0 Å². The predicted molar refractivity (Wildman–Crippen MR) is 68.6 cm³/mol. The lowest BCUT2D eigenvalue weighted by Crippen LogP contribution is -2.64. The molecule has 11 heteroatoms. The fraction of sp³-hybridized carbons (Fsp3) is 1.00. The summed E-state index contributed by atoms with van der Waals surface area (Å²) in [6.45, 7) is -1.35. The van der Waals surface area contributed by atoms with Gasteiger partial charge in [0.05, 0.1) is 13.2 Å². The van der Waals surface area contributed by atoms with Crippen LogP contribution in [0.3, 0.4) is 0 Å². The predicted octanol–water partition coefficient (Wildman–Crippen LogP) is -5.40. The standard InChI is InChI=1S/C12H22O11/c13-1-3-5(15)6(16)9(19)12(22-3)23-10-4(2-14)21-11(20)8(18)7(10)17/h3-20H,1-2H2/t3-,4-,5-,6+,7-,8-,9+,10+,11-,12+/m1/s1. The highest BCUT2D eigenvalue weighted by atomic mass is 16.7. The maximum Gasteiger partial charge on any atom is 0.187 e. The molecule has 0 bridgehead atoms. The summed E-state index contributed by atoms with van der Waals surface area (Å²) in [5.74, 6) is 0. The number of ether oxygens (including phenoxy) is 3. The monoisotopic (exact) mass is 342 g/mol. The van der Waals surface area contributed by atoms with Crippen LogP contribution in [0.1, 0.15) is 0 Å². The molecule has 0 aromatic heterocycles. The Bertz CT molecular complexity index is 378. The molecular weight excluding hydrogens is 320 g/mol. The fourth-order valence-electron chi connectivity index (χ4n) is 2.57. The van der Waals surface area contributed by atoms with Crippen molar-refractivity contribution in [3.8, 4) is 0 Å². The van der Waals surface area contributed by atoms with Crippen molar-refractivity contribution >= 4 is 0 Å². The molecule has 0 aliphatic carbocycles. The summed E-state index contributed by atoms with van der Waals surface area (Å²) in [4.78, 5) is 0. The molecule has 2 rings (SSSR count). The van der Waals surface area contributed by atoms with Gasteiger partial charge >= 0.3 is 0 Å². The zero-order chi connectivity index (χ0) is 17.3. The van der Waals surface area contributed by atoms with E-state index in [1.807, 2.05) is 0 Å². The van der Waals surface area contributed by atoms with Gasteiger partial charge in [-0.05, 0) is 0 Å². The maximum absolute atomic E-state index is 9.94. The first-order valence-electron chi connectivity index (χ1n) is 7.08. The Kier molecular flexibility index (Phi) is 6.27. The Morgan fingerprint density at radius 1 is 0.652 bits per heavy atom. The highest BCUT2D eigenvalue weighted by Crippen LogP contribution is 2.28. The molecule has 0 amide bonds. The van der Waals surface area contributed by atoms with Gasteiger partial charge in [0.15, 0.2) is 12.6 Å². The van der Waals surface area contributed by atoms with E-state index in [0.717, 1.165) is 0 Å². The van der Waals surface area contributed by atoms with Crippen LogP contribution in [0.4, 0.5) is 0 Å². The van der Waals surface area contributed by atoms with E-state index in [1.165, 1.54) is 0 Å². The van der Waals surface area contributed by atoms with Crippen molar-refractivity contribution in [3.63, 3.8) is 0 Å². The summed E-state index contributed by atoms with van der Waals surface area (Å²) in [6.07, 6.45) is -15.6. The van der Waals surface area contributed by atoms with E-state index in [-0.39, 0.29) is 0 Å². The lowest BCUT2D eigenvalue weighted by atomic mass is 9.97. The van der Waals surface area contributed by atoms with Gasteiger partial charge < -0.3 is 55.1 Å². The van der Waals surface area contributed by atoms with Crippen molar-refractivity contribution in [1.29, 1.82) is 0 Å². The number of rotatable bonds is 4.